The van der Waals surface area contributed by atoms with Gasteiger partial charge < -0.3 is 14.4 Å². The number of hydrogen-bond acceptors (Lipinski definition) is 4. The van der Waals surface area contributed by atoms with E-state index in [2.05, 4.69) is 0 Å². The summed E-state index contributed by atoms with van der Waals surface area (Å²) in [5.41, 5.74) is -0.478. The summed E-state index contributed by atoms with van der Waals surface area (Å²) in [7, 11) is 1.42. The number of rotatable bonds is 3. The van der Waals surface area contributed by atoms with Crippen LogP contribution in [0.15, 0.2) is 0 Å². The molecule has 0 aliphatic heterocycles. The van der Waals surface area contributed by atoms with E-state index < -0.39 is 5.60 Å². The SMILES string of the molecule is CCN(C(=O)OC(C)(C)C)[C@H]1CC[C@H](C(=O)OC)CC1. The van der Waals surface area contributed by atoms with E-state index in [4.69, 9.17) is 9.47 Å². The van der Waals surface area contributed by atoms with Gasteiger partial charge in [0, 0.05) is 12.6 Å². The minimum atomic E-state index is -0.478. The van der Waals surface area contributed by atoms with Crippen LogP contribution in [0.25, 0.3) is 0 Å². The number of carbonyl (C=O) groups excluding carboxylic acids is 2. The van der Waals surface area contributed by atoms with E-state index in [-0.39, 0.29) is 24.0 Å². The molecule has 1 aliphatic rings. The minimum absolute atomic E-state index is 0.0198. The molecule has 0 heterocycles. The van der Waals surface area contributed by atoms with Gasteiger partial charge in [-0.2, -0.15) is 0 Å². The third kappa shape index (κ3) is 4.69. The van der Waals surface area contributed by atoms with E-state index in [1.54, 1.807) is 4.90 Å². The number of carbonyl (C=O) groups is 2. The molecule has 1 fully saturated rings. The first-order valence-corrected chi connectivity index (χ1v) is 7.36. The van der Waals surface area contributed by atoms with Crippen LogP contribution in [0.3, 0.4) is 0 Å². The third-order valence-corrected chi connectivity index (χ3v) is 3.64. The molecule has 1 saturated carbocycles. The van der Waals surface area contributed by atoms with Gasteiger partial charge in [-0.05, 0) is 53.4 Å². The van der Waals surface area contributed by atoms with Crippen molar-refractivity contribution in [2.24, 2.45) is 5.92 Å². The zero-order valence-corrected chi connectivity index (χ0v) is 13.3. The van der Waals surface area contributed by atoms with Gasteiger partial charge in [0.15, 0.2) is 0 Å². The van der Waals surface area contributed by atoms with Crippen LogP contribution in [0, 0.1) is 5.92 Å². The van der Waals surface area contributed by atoms with Crippen molar-refractivity contribution >= 4 is 12.1 Å². The van der Waals surface area contributed by atoms with Gasteiger partial charge in [0.1, 0.15) is 5.60 Å². The molecule has 0 atom stereocenters. The average Bonchev–Trinajstić information content (AvgIpc) is 2.37. The van der Waals surface area contributed by atoms with Crippen LogP contribution >= 0.6 is 0 Å². The van der Waals surface area contributed by atoms with Gasteiger partial charge in [0.05, 0.1) is 13.0 Å². The third-order valence-electron chi connectivity index (χ3n) is 3.64. The van der Waals surface area contributed by atoms with Gasteiger partial charge >= 0.3 is 12.1 Å². The van der Waals surface area contributed by atoms with Crippen molar-refractivity contribution in [3.63, 3.8) is 0 Å². The highest BCUT2D eigenvalue weighted by Gasteiger charge is 2.33. The van der Waals surface area contributed by atoms with Crippen LogP contribution in [-0.2, 0) is 14.3 Å². The second-order valence-corrected chi connectivity index (χ2v) is 6.29. The Kier molecular flexibility index (Phi) is 5.84. The summed E-state index contributed by atoms with van der Waals surface area (Å²) in [6.07, 6.45) is 2.94. The highest BCUT2D eigenvalue weighted by molar-refractivity contribution is 5.72. The Bertz CT molecular complexity index is 340. The van der Waals surface area contributed by atoms with Crippen molar-refractivity contribution in [3.05, 3.63) is 0 Å². The molecule has 1 aliphatic carbocycles. The van der Waals surface area contributed by atoms with Crippen LogP contribution in [0.5, 0.6) is 0 Å². The molecule has 0 aromatic heterocycles. The highest BCUT2D eigenvalue weighted by atomic mass is 16.6. The molecule has 0 radical (unpaired) electrons. The molecule has 5 nitrogen and oxygen atoms in total. The maximum atomic E-state index is 12.2. The van der Waals surface area contributed by atoms with Gasteiger partial charge in [-0.3, -0.25) is 4.79 Å². The molecule has 0 saturated heterocycles. The fourth-order valence-electron chi connectivity index (χ4n) is 2.65. The van der Waals surface area contributed by atoms with Crippen LogP contribution in [0.2, 0.25) is 0 Å². The number of amides is 1. The number of hydrogen-bond donors (Lipinski definition) is 0. The fourth-order valence-corrected chi connectivity index (χ4v) is 2.65. The van der Waals surface area contributed by atoms with Crippen molar-refractivity contribution < 1.29 is 19.1 Å². The van der Waals surface area contributed by atoms with E-state index in [1.807, 2.05) is 27.7 Å². The second-order valence-electron chi connectivity index (χ2n) is 6.29. The summed E-state index contributed by atoms with van der Waals surface area (Å²) in [6.45, 7) is 8.19. The molecule has 0 spiro atoms. The highest BCUT2D eigenvalue weighted by Crippen LogP contribution is 2.29. The molecule has 5 heteroatoms. The lowest BCUT2D eigenvalue weighted by molar-refractivity contribution is -0.146. The summed E-state index contributed by atoms with van der Waals surface area (Å²) >= 11 is 0. The zero-order chi connectivity index (χ0) is 15.3. The molecular weight excluding hydrogens is 258 g/mol. The Hall–Kier alpha value is -1.26. The molecule has 20 heavy (non-hydrogen) atoms. The first-order valence-electron chi connectivity index (χ1n) is 7.36. The lowest BCUT2D eigenvalue weighted by Gasteiger charge is -2.36. The van der Waals surface area contributed by atoms with Crippen molar-refractivity contribution in [2.45, 2.75) is 65.0 Å². The Morgan fingerprint density at radius 1 is 1.15 bits per heavy atom. The van der Waals surface area contributed by atoms with E-state index in [0.717, 1.165) is 25.7 Å². The average molecular weight is 285 g/mol. The van der Waals surface area contributed by atoms with E-state index in [0.29, 0.717) is 6.54 Å². The number of nitrogens with zero attached hydrogens (tertiary/aromatic N) is 1. The Labute approximate surface area is 121 Å². The molecular formula is C15H27NO4. The summed E-state index contributed by atoms with van der Waals surface area (Å²) in [4.78, 5) is 25.5. The lowest BCUT2D eigenvalue weighted by Crippen LogP contribution is -2.45. The van der Waals surface area contributed by atoms with Gasteiger partial charge in [0.2, 0.25) is 0 Å². The van der Waals surface area contributed by atoms with E-state index >= 15 is 0 Å². The molecule has 116 valence electrons. The van der Waals surface area contributed by atoms with Crippen molar-refractivity contribution in [2.75, 3.05) is 13.7 Å². The smallest absolute Gasteiger partial charge is 0.410 e. The Morgan fingerprint density at radius 2 is 1.70 bits per heavy atom. The molecule has 0 aromatic carbocycles. The molecule has 0 bridgehead atoms. The quantitative estimate of drug-likeness (QED) is 0.748. The monoisotopic (exact) mass is 285 g/mol. The first-order chi connectivity index (χ1) is 9.28. The van der Waals surface area contributed by atoms with Gasteiger partial charge in [-0.15, -0.1) is 0 Å². The van der Waals surface area contributed by atoms with Gasteiger partial charge in [0.25, 0.3) is 0 Å². The van der Waals surface area contributed by atoms with Crippen molar-refractivity contribution in [3.8, 4) is 0 Å². The Morgan fingerprint density at radius 3 is 2.10 bits per heavy atom. The van der Waals surface area contributed by atoms with Gasteiger partial charge in [-0.25, -0.2) is 4.79 Å². The van der Waals surface area contributed by atoms with Crippen LogP contribution in [0.4, 0.5) is 4.79 Å². The molecule has 0 N–H and O–H groups in total. The van der Waals surface area contributed by atoms with E-state index in [1.165, 1.54) is 7.11 Å². The molecule has 0 unspecified atom stereocenters. The van der Waals surface area contributed by atoms with Crippen molar-refractivity contribution in [1.29, 1.82) is 0 Å². The maximum absolute atomic E-state index is 12.2. The number of methoxy groups -OCH3 is 1. The summed E-state index contributed by atoms with van der Waals surface area (Å²) in [5.74, 6) is -0.155. The van der Waals surface area contributed by atoms with Crippen molar-refractivity contribution in [1.82, 2.24) is 4.90 Å². The number of ether oxygens (including phenoxy) is 2. The summed E-state index contributed by atoms with van der Waals surface area (Å²) in [5, 5.41) is 0. The summed E-state index contributed by atoms with van der Waals surface area (Å²) in [6, 6.07) is 0.163. The molecule has 1 amide bonds. The topological polar surface area (TPSA) is 55.8 Å². The largest absolute Gasteiger partial charge is 0.469 e. The molecule has 1 rings (SSSR count). The lowest BCUT2D eigenvalue weighted by atomic mass is 9.85. The van der Waals surface area contributed by atoms with E-state index in [9.17, 15) is 9.59 Å². The minimum Gasteiger partial charge on any atom is -0.469 e. The zero-order valence-electron chi connectivity index (χ0n) is 13.3. The van der Waals surface area contributed by atoms with Gasteiger partial charge in [-0.1, -0.05) is 0 Å². The maximum Gasteiger partial charge on any atom is 0.410 e. The fraction of sp³-hybridized carbons (Fsp3) is 0.867. The van der Waals surface area contributed by atoms with Crippen LogP contribution in [0.1, 0.15) is 53.4 Å². The summed E-state index contributed by atoms with van der Waals surface area (Å²) < 4.78 is 10.2. The normalized spacial score (nSPS) is 23.1. The number of esters is 1. The Balaban J connectivity index is 2.56. The standard InChI is InChI=1S/C15H27NO4/c1-6-16(14(18)20-15(2,3)4)12-9-7-11(8-10-12)13(17)19-5/h11-12H,6-10H2,1-5H3/t11-,12-. The van der Waals surface area contributed by atoms with Crippen LogP contribution in [-0.4, -0.2) is 42.3 Å². The predicted octanol–water partition coefficient (Wildman–Crippen LogP) is 2.98. The first kappa shape index (κ1) is 16.8. The van der Waals surface area contributed by atoms with Crippen LogP contribution < -0.4 is 0 Å². The molecule has 0 aromatic rings. The second kappa shape index (κ2) is 6.95. The predicted molar refractivity (Wildman–Crippen MR) is 76.4 cm³/mol.